The summed E-state index contributed by atoms with van der Waals surface area (Å²) in [4.78, 5) is 13.1. The summed E-state index contributed by atoms with van der Waals surface area (Å²) >= 11 is 1.90. The first-order valence-corrected chi connectivity index (χ1v) is 10.8. The molecular formula is C22H30O2S. The average Bonchev–Trinajstić information content (AvgIpc) is 2.54. The highest BCUT2D eigenvalue weighted by Crippen LogP contribution is 2.53. The van der Waals surface area contributed by atoms with Gasteiger partial charge in [-0.1, -0.05) is 38.0 Å². The predicted octanol–water partition coefficient (Wildman–Crippen LogP) is 5.65. The van der Waals surface area contributed by atoms with E-state index in [0.717, 1.165) is 18.4 Å². The third-order valence-electron chi connectivity index (χ3n) is 6.25. The fraction of sp³-hybridized carbons (Fsp3) is 0.591. The SMILES string of the molecule is CCc1cc(C)cc(CC)c1C1=C(O)CC(C2(SC)CCC2)CC1=O. The maximum Gasteiger partial charge on any atom is 0.167 e. The molecule has 3 heteroatoms. The van der Waals surface area contributed by atoms with Crippen LogP contribution in [-0.4, -0.2) is 21.9 Å². The molecule has 0 saturated heterocycles. The summed E-state index contributed by atoms with van der Waals surface area (Å²) in [6.07, 6.45) is 8.77. The van der Waals surface area contributed by atoms with E-state index < -0.39 is 0 Å². The highest BCUT2D eigenvalue weighted by atomic mass is 32.2. The number of allylic oxidation sites excluding steroid dienone is 2. The normalized spacial score (nSPS) is 22.9. The molecule has 1 atom stereocenters. The Hall–Kier alpha value is -1.22. The molecule has 2 aliphatic carbocycles. The van der Waals surface area contributed by atoms with Crippen LogP contribution in [0.4, 0.5) is 0 Å². The van der Waals surface area contributed by atoms with E-state index in [4.69, 9.17) is 0 Å². The summed E-state index contributed by atoms with van der Waals surface area (Å²) in [7, 11) is 0. The maximum absolute atomic E-state index is 13.1. The van der Waals surface area contributed by atoms with E-state index in [2.05, 4.69) is 39.2 Å². The largest absolute Gasteiger partial charge is 0.512 e. The lowest BCUT2D eigenvalue weighted by Crippen LogP contribution is -2.44. The Kier molecular flexibility index (Phi) is 5.34. The summed E-state index contributed by atoms with van der Waals surface area (Å²) in [6, 6.07) is 4.34. The highest BCUT2D eigenvalue weighted by molar-refractivity contribution is 8.00. The Labute approximate surface area is 156 Å². The second-order valence-electron chi connectivity index (χ2n) is 7.64. The van der Waals surface area contributed by atoms with Gasteiger partial charge in [-0.15, -0.1) is 0 Å². The molecule has 0 bridgehead atoms. The Bertz CT molecular complexity index is 682. The zero-order chi connectivity index (χ0) is 18.2. The molecule has 0 amide bonds. The number of rotatable bonds is 5. The van der Waals surface area contributed by atoms with Crippen LogP contribution in [0.3, 0.4) is 0 Å². The number of carbonyl (C=O) groups is 1. The molecule has 1 aromatic rings. The van der Waals surface area contributed by atoms with Crippen molar-refractivity contribution in [3.63, 3.8) is 0 Å². The van der Waals surface area contributed by atoms with Crippen molar-refractivity contribution in [2.24, 2.45) is 5.92 Å². The number of benzene rings is 1. The fourth-order valence-corrected chi connectivity index (χ4v) is 5.87. The third kappa shape index (κ3) is 3.16. The van der Waals surface area contributed by atoms with Gasteiger partial charge in [0.25, 0.3) is 0 Å². The molecule has 0 radical (unpaired) electrons. The molecule has 0 aliphatic heterocycles. The Morgan fingerprint density at radius 1 is 1.16 bits per heavy atom. The minimum absolute atomic E-state index is 0.141. The molecule has 2 aliphatic rings. The number of aryl methyl sites for hydroxylation is 3. The van der Waals surface area contributed by atoms with Gasteiger partial charge in [0, 0.05) is 17.6 Å². The van der Waals surface area contributed by atoms with Crippen LogP contribution >= 0.6 is 11.8 Å². The van der Waals surface area contributed by atoms with E-state index in [-0.39, 0.29) is 16.4 Å². The van der Waals surface area contributed by atoms with Crippen molar-refractivity contribution in [1.82, 2.24) is 0 Å². The molecule has 1 saturated carbocycles. The number of hydrogen-bond donors (Lipinski definition) is 1. The van der Waals surface area contributed by atoms with Crippen LogP contribution in [0.15, 0.2) is 17.9 Å². The molecule has 25 heavy (non-hydrogen) atoms. The lowest BCUT2D eigenvalue weighted by atomic mass is 9.68. The first kappa shape index (κ1) is 18.6. The number of aliphatic hydroxyl groups is 1. The first-order valence-electron chi connectivity index (χ1n) is 9.59. The van der Waals surface area contributed by atoms with Gasteiger partial charge in [0.15, 0.2) is 5.78 Å². The monoisotopic (exact) mass is 358 g/mol. The average molecular weight is 359 g/mol. The van der Waals surface area contributed by atoms with Gasteiger partial charge in [-0.25, -0.2) is 0 Å². The molecule has 1 fully saturated rings. The second kappa shape index (κ2) is 7.19. The maximum atomic E-state index is 13.1. The van der Waals surface area contributed by atoms with E-state index in [0.29, 0.717) is 24.2 Å². The zero-order valence-electron chi connectivity index (χ0n) is 15.9. The molecular weight excluding hydrogens is 328 g/mol. The van der Waals surface area contributed by atoms with Gasteiger partial charge in [-0.05, 0) is 61.5 Å². The van der Waals surface area contributed by atoms with Gasteiger partial charge >= 0.3 is 0 Å². The minimum Gasteiger partial charge on any atom is -0.512 e. The van der Waals surface area contributed by atoms with Crippen LogP contribution in [0.1, 0.15) is 68.2 Å². The summed E-state index contributed by atoms with van der Waals surface area (Å²) in [6.45, 7) is 6.36. The van der Waals surface area contributed by atoms with Crippen LogP contribution in [-0.2, 0) is 17.6 Å². The van der Waals surface area contributed by atoms with Gasteiger partial charge in [0.2, 0.25) is 0 Å². The lowest BCUT2D eigenvalue weighted by molar-refractivity contribution is -0.115. The molecule has 1 unspecified atom stereocenters. The van der Waals surface area contributed by atoms with Crippen LogP contribution in [0.2, 0.25) is 0 Å². The fourth-order valence-electron chi connectivity index (χ4n) is 4.68. The summed E-state index contributed by atoms with van der Waals surface area (Å²) in [5, 5.41) is 10.9. The third-order valence-corrected chi connectivity index (χ3v) is 7.80. The van der Waals surface area contributed by atoms with Crippen molar-refractivity contribution >= 4 is 23.1 Å². The number of ketones is 1. The number of thioether (sulfide) groups is 1. The Morgan fingerprint density at radius 2 is 1.76 bits per heavy atom. The Balaban J connectivity index is 2.05. The molecule has 3 rings (SSSR count). The van der Waals surface area contributed by atoms with Crippen molar-refractivity contribution in [3.05, 3.63) is 40.1 Å². The molecule has 0 aromatic heterocycles. The molecule has 2 nitrogen and oxygen atoms in total. The highest BCUT2D eigenvalue weighted by Gasteiger charge is 2.47. The Morgan fingerprint density at radius 3 is 2.16 bits per heavy atom. The zero-order valence-corrected chi connectivity index (χ0v) is 16.8. The standard InChI is InChI=1S/C22H30O2S/c1-5-15-10-14(3)11-16(6-2)20(15)21-18(23)12-17(13-19(21)24)22(25-4)8-7-9-22/h10-11,17,23H,5-9,12-13H2,1-4H3. The van der Waals surface area contributed by atoms with Gasteiger partial charge in [0.05, 0.1) is 5.57 Å². The van der Waals surface area contributed by atoms with Crippen molar-refractivity contribution in [2.75, 3.05) is 6.26 Å². The van der Waals surface area contributed by atoms with Crippen LogP contribution < -0.4 is 0 Å². The van der Waals surface area contributed by atoms with E-state index >= 15 is 0 Å². The molecule has 0 heterocycles. The van der Waals surface area contributed by atoms with Gasteiger partial charge in [-0.3, -0.25) is 4.79 Å². The predicted molar refractivity (Wildman–Crippen MR) is 107 cm³/mol. The number of aliphatic hydroxyl groups excluding tert-OH is 1. The number of Topliss-reactive ketones (excluding diaryl/α,β-unsaturated/α-hetero) is 1. The minimum atomic E-state index is 0.141. The van der Waals surface area contributed by atoms with E-state index in [1.165, 1.54) is 36.0 Å². The molecule has 1 N–H and O–H groups in total. The quantitative estimate of drug-likeness (QED) is 0.738. The second-order valence-corrected chi connectivity index (χ2v) is 8.86. The van der Waals surface area contributed by atoms with Crippen LogP contribution in [0.5, 0.6) is 0 Å². The van der Waals surface area contributed by atoms with Crippen molar-refractivity contribution in [2.45, 2.75) is 70.5 Å². The lowest BCUT2D eigenvalue weighted by Gasteiger charge is -2.48. The van der Waals surface area contributed by atoms with Crippen molar-refractivity contribution in [3.8, 4) is 0 Å². The number of carbonyl (C=O) groups excluding carboxylic acids is 1. The molecule has 1 aromatic carbocycles. The van der Waals surface area contributed by atoms with Gasteiger partial charge < -0.3 is 5.11 Å². The summed E-state index contributed by atoms with van der Waals surface area (Å²) in [5.74, 6) is 0.755. The van der Waals surface area contributed by atoms with E-state index in [1.54, 1.807) is 0 Å². The molecule has 136 valence electrons. The summed E-state index contributed by atoms with van der Waals surface area (Å²) in [5.41, 5.74) is 5.24. The van der Waals surface area contributed by atoms with E-state index in [1.807, 2.05) is 11.8 Å². The van der Waals surface area contributed by atoms with Crippen LogP contribution in [0.25, 0.3) is 5.57 Å². The summed E-state index contributed by atoms with van der Waals surface area (Å²) < 4.78 is 0.212. The van der Waals surface area contributed by atoms with Gasteiger partial charge in [0.1, 0.15) is 5.76 Å². The first-order chi connectivity index (χ1) is 12.0. The smallest absolute Gasteiger partial charge is 0.167 e. The van der Waals surface area contributed by atoms with Crippen molar-refractivity contribution < 1.29 is 9.90 Å². The van der Waals surface area contributed by atoms with Crippen LogP contribution in [0, 0.1) is 12.8 Å². The van der Waals surface area contributed by atoms with Gasteiger partial charge in [-0.2, -0.15) is 11.8 Å². The number of hydrogen-bond acceptors (Lipinski definition) is 3. The topological polar surface area (TPSA) is 37.3 Å². The van der Waals surface area contributed by atoms with Crippen molar-refractivity contribution in [1.29, 1.82) is 0 Å². The molecule has 0 spiro atoms. The van der Waals surface area contributed by atoms with E-state index in [9.17, 15) is 9.90 Å².